The van der Waals surface area contributed by atoms with Crippen LogP contribution in [0.2, 0.25) is 0 Å². The summed E-state index contributed by atoms with van der Waals surface area (Å²) < 4.78 is 1.99. The second kappa shape index (κ2) is 6.96. The van der Waals surface area contributed by atoms with Crippen LogP contribution < -0.4 is 4.90 Å². The van der Waals surface area contributed by atoms with Crippen molar-refractivity contribution >= 4 is 5.95 Å². The monoisotopic (exact) mass is 356 g/mol. The number of aliphatic hydroxyl groups is 1. The number of aromatic nitrogens is 4. The Morgan fingerprint density at radius 3 is 2.58 bits per heavy atom. The fraction of sp³-hybridized carbons (Fsp3) is 0.632. The molecule has 2 aromatic rings. The fourth-order valence-corrected chi connectivity index (χ4v) is 4.66. The van der Waals surface area contributed by atoms with E-state index in [1.165, 1.54) is 5.69 Å². The molecule has 7 heteroatoms. The highest BCUT2D eigenvalue weighted by molar-refractivity contribution is 5.33. The summed E-state index contributed by atoms with van der Waals surface area (Å²) in [5.41, 5.74) is 2.51. The molecule has 140 valence electrons. The normalized spacial score (nSPS) is 23.0. The Balaban J connectivity index is 1.42. The van der Waals surface area contributed by atoms with Crippen molar-refractivity contribution in [3.8, 4) is 0 Å². The van der Waals surface area contributed by atoms with Crippen molar-refractivity contribution in [2.75, 3.05) is 37.7 Å². The number of rotatable bonds is 4. The van der Waals surface area contributed by atoms with Crippen LogP contribution in [0.4, 0.5) is 5.95 Å². The first-order chi connectivity index (χ1) is 12.6. The fourth-order valence-electron chi connectivity index (χ4n) is 4.66. The Kier molecular flexibility index (Phi) is 4.67. The van der Waals surface area contributed by atoms with E-state index < -0.39 is 0 Å². The highest BCUT2D eigenvalue weighted by Crippen LogP contribution is 2.45. The molecule has 1 spiro atoms. The molecule has 0 radical (unpaired) electrons. The van der Waals surface area contributed by atoms with Crippen LogP contribution in [0.1, 0.15) is 24.2 Å². The highest BCUT2D eigenvalue weighted by Gasteiger charge is 2.48. The van der Waals surface area contributed by atoms with Crippen LogP contribution in [0.3, 0.4) is 0 Å². The van der Waals surface area contributed by atoms with Gasteiger partial charge in [-0.05, 0) is 50.4 Å². The maximum Gasteiger partial charge on any atom is 0.225 e. The number of aryl methyl sites for hydroxylation is 2. The second-order valence-electron chi connectivity index (χ2n) is 7.85. The van der Waals surface area contributed by atoms with Crippen LogP contribution in [0.25, 0.3) is 0 Å². The second-order valence-corrected chi connectivity index (χ2v) is 7.85. The van der Waals surface area contributed by atoms with Gasteiger partial charge in [-0.1, -0.05) is 0 Å². The molecule has 0 amide bonds. The Morgan fingerprint density at radius 2 is 1.96 bits per heavy atom. The number of aliphatic hydroxyl groups excluding tert-OH is 1. The molecular weight excluding hydrogens is 328 g/mol. The average Bonchev–Trinajstić information content (AvgIpc) is 3.17. The summed E-state index contributed by atoms with van der Waals surface area (Å²) in [5.74, 6) is 1.09. The van der Waals surface area contributed by atoms with Gasteiger partial charge in [0.05, 0.1) is 11.4 Å². The molecule has 2 aromatic heterocycles. The average molecular weight is 356 g/mol. The predicted molar refractivity (Wildman–Crippen MR) is 99.7 cm³/mol. The molecule has 2 fully saturated rings. The summed E-state index contributed by atoms with van der Waals surface area (Å²) >= 11 is 0. The minimum Gasteiger partial charge on any atom is -0.396 e. The lowest BCUT2D eigenvalue weighted by molar-refractivity contribution is 0.0498. The van der Waals surface area contributed by atoms with Crippen LogP contribution in [0.5, 0.6) is 0 Å². The zero-order chi connectivity index (χ0) is 18.1. The van der Waals surface area contributed by atoms with Crippen LogP contribution in [0.15, 0.2) is 24.5 Å². The van der Waals surface area contributed by atoms with Crippen molar-refractivity contribution in [1.82, 2.24) is 24.6 Å². The molecule has 0 bridgehead atoms. The van der Waals surface area contributed by atoms with Crippen molar-refractivity contribution in [3.63, 3.8) is 0 Å². The van der Waals surface area contributed by atoms with E-state index in [1.54, 1.807) is 12.4 Å². The van der Waals surface area contributed by atoms with Gasteiger partial charge in [0.2, 0.25) is 5.95 Å². The molecule has 2 saturated heterocycles. The van der Waals surface area contributed by atoms with Crippen LogP contribution >= 0.6 is 0 Å². The minimum atomic E-state index is 0.173. The van der Waals surface area contributed by atoms with E-state index in [9.17, 15) is 5.11 Å². The number of likely N-dealkylation sites (tertiary alicyclic amines) is 1. The van der Waals surface area contributed by atoms with E-state index in [2.05, 4.69) is 30.9 Å². The molecule has 4 heterocycles. The molecule has 2 aliphatic rings. The smallest absolute Gasteiger partial charge is 0.225 e. The zero-order valence-corrected chi connectivity index (χ0v) is 15.7. The van der Waals surface area contributed by atoms with Gasteiger partial charge < -0.3 is 10.0 Å². The molecule has 4 rings (SSSR count). The summed E-state index contributed by atoms with van der Waals surface area (Å²) in [7, 11) is 2.02. The maximum atomic E-state index is 10.00. The largest absolute Gasteiger partial charge is 0.396 e. The minimum absolute atomic E-state index is 0.173. The van der Waals surface area contributed by atoms with Crippen LogP contribution in [0, 0.1) is 18.3 Å². The summed E-state index contributed by atoms with van der Waals surface area (Å²) in [4.78, 5) is 13.6. The quantitative estimate of drug-likeness (QED) is 0.889. The first-order valence-corrected chi connectivity index (χ1v) is 9.44. The van der Waals surface area contributed by atoms with E-state index in [0.717, 1.165) is 57.2 Å². The van der Waals surface area contributed by atoms with Crippen molar-refractivity contribution in [2.24, 2.45) is 18.4 Å². The molecule has 7 nitrogen and oxygen atoms in total. The lowest BCUT2D eigenvalue weighted by Gasteiger charge is -2.42. The van der Waals surface area contributed by atoms with Crippen LogP contribution in [-0.2, 0) is 13.6 Å². The molecule has 1 atom stereocenters. The third-order valence-electron chi connectivity index (χ3n) is 6.20. The summed E-state index contributed by atoms with van der Waals surface area (Å²) in [6, 6.07) is 4.02. The highest BCUT2D eigenvalue weighted by atomic mass is 16.3. The van der Waals surface area contributed by atoms with Crippen molar-refractivity contribution in [3.05, 3.63) is 35.9 Å². The summed E-state index contributed by atoms with van der Waals surface area (Å²) in [6.45, 7) is 7.14. The Hall–Kier alpha value is -1.99. The Bertz CT molecular complexity index is 738. The number of hydrogen-bond donors (Lipinski definition) is 1. The van der Waals surface area contributed by atoms with Gasteiger partial charge in [-0.2, -0.15) is 5.10 Å². The third-order valence-corrected chi connectivity index (χ3v) is 6.20. The Labute approximate surface area is 154 Å². The first-order valence-electron chi connectivity index (χ1n) is 9.44. The van der Waals surface area contributed by atoms with E-state index in [-0.39, 0.29) is 12.0 Å². The van der Waals surface area contributed by atoms with E-state index in [0.29, 0.717) is 5.92 Å². The van der Waals surface area contributed by atoms with Crippen molar-refractivity contribution < 1.29 is 5.11 Å². The van der Waals surface area contributed by atoms with Gasteiger partial charge in [0, 0.05) is 51.6 Å². The molecule has 26 heavy (non-hydrogen) atoms. The lowest BCUT2D eigenvalue weighted by atomic mass is 9.71. The van der Waals surface area contributed by atoms with E-state index in [1.807, 2.05) is 24.7 Å². The van der Waals surface area contributed by atoms with Gasteiger partial charge in [0.25, 0.3) is 0 Å². The number of nitrogens with zero attached hydrogens (tertiary/aromatic N) is 6. The zero-order valence-electron chi connectivity index (χ0n) is 15.7. The van der Waals surface area contributed by atoms with Crippen molar-refractivity contribution in [1.29, 1.82) is 0 Å². The van der Waals surface area contributed by atoms with E-state index >= 15 is 0 Å². The Morgan fingerprint density at radius 1 is 1.23 bits per heavy atom. The van der Waals surface area contributed by atoms with Gasteiger partial charge in [-0.15, -0.1) is 0 Å². The lowest BCUT2D eigenvalue weighted by Crippen LogP contribution is -2.45. The molecular formula is C19H28N6O. The van der Waals surface area contributed by atoms with Crippen molar-refractivity contribution in [2.45, 2.75) is 26.3 Å². The first kappa shape index (κ1) is 17.4. The van der Waals surface area contributed by atoms with Gasteiger partial charge in [0.15, 0.2) is 0 Å². The third kappa shape index (κ3) is 3.21. The summed E-state index contributed by atoms with van der Waals surface area (Å²) in [5, 5.41) is 14.4. The van der Waals surface area contributed by atoms with Gasteiger partial charge in [0.1, 0.15) is 0 Å². The van der Waals surface area contributed by atoms with Gasteiger partial charge in [-0.3, -0.25) is 9.58 Å². The van der Waals surface area contributed by atoms with Crippen LogP contribution in [-0.4, -0.2) is 62.5 Å². The molecule has 0 aromatic carbocycles. The molecule has 0 saturated carbocycles. The standard InChI is InChI=1S/C19H28N6O/c1-15-10-17(23(2)22-15)12-24-8-4-19(5-9-24)14-25(11-16(19)13-26)18-20-6-3-7-21-18/h3,6-7,10,16,26H,4-5,8-9,11-14H2,1-2H3. The van der Waals surface area contributed by atoms with Gasteiger partial charge >= 0.3 is 0 Å². The molecule has 0 aliphatic carbocycles. The SMILES string of the molecule is Cc1cc(CN2CCC3(CC2)CN(c2ncccn2)CC3CO)n(C)n1. The number of hydrogen-bond acceptors (Lipinski definition) is 6. The topological polar surface area (TPSA) is 70.3 Å². The van der Waals surface area contributed by atoms with E-state index in [4.69, 9.17) is 0 Å². The maximum absolute atomic E-state index is 10.00. The molecule has 2 aliphatic heterocycles. The molecule has 1 unspecified atom stereocenters. The predicted octanol–water partition coefficient (Wildman–Crippen LogP) is 1.23. The van der Waals surface area contributed by atoms with Gasteiger partial charge in [-0.25, -0.2) is 9.97 Å². The molecule has 1 N–H and O–H groups in total. The summed E-state index contributed by atoms with van der Waals surface area (Å²) in [6.07, 6.45) is 5.80. The number of piperidine rings is 1. The number of anilines is 1.